The summed E-state index contributed by atoms with van der Waals surface area (Å²) in [5.41, 5.74) is 0. The molecule has 0 saturated heterocycles. The molecule has 106 valence electrons. The summed E-state index contributed by atoms with van der Waals surface area (Å²) in [5.74, 6) is 2.13. The number of hydrogen-bond acceptors (Lipinski definition) is 5. The van der Waals surface area contributed by atoms with Crippen LogP contribution in [0.5, 0.6) is 0 Å². The van der Waals surface area contributed by atoms with Crippen LogP contribution in [-0.4, -0.2) is 47.5 Å². The molecule has 0 fully saturated rings. The number of likely N-dealkylation sites (N-methyl/N-ethyl adjacent to an activating group) is 1. The third kappa shape index (κ3) is 4.73. The van der Waals surface area contributed by atoms with Crippen molar-refractivity contribution in [3.8, 4) is 0 Å². The van der Waals surface area contributed by atoms with Crippen molar-refractivity contribution in [2.75, 3.05) is 31.3 Å². The molecule has 0 aliphatic carbocycles. The zero-order valence-electron chi connectivity index (χ0n) is 12.3. The van der Waals surface area contributed by atoms with Gasteiger partial charge in [-0.3, -0.25) is 4.79 Å². The van der Waals surface area contributed by atoms with Gasteiger partial charge in [0.1, 0.15) is 23.5 Å². The molecule has 1 rings (SSSR count). The predicted molar refractivity (Wildman–Crippen MR) is 77.3 cm³/mol. The van der Waals surface area contributed by atoms with Gasteiger partial charge >= 0.3 is 0 Å². The van der Waals surface area contributed by atoms with E-state index in [1.54, 1.807) is 19.0 Å². The van der Waals surface area contributed by atoms with Crippen molar-refractivity contribution in [1.82, 2.24) is 14.9 Å². The Labute approximate surface area is 114 Å². The number of anilines is 2. The van der Waals surface area contributed by atoms with Gasteiger partial charge in [0.05, 0.1) is 0 Å². The third-order valence-electron chi connectivity index (χ3n) is 2.57. The topological polar surface area (TPSA) is 70.2 Å². The number of hydrogen-bond donors (Lipinski definition) is 2. The summed E-state index contributed by atoms with van der Waals surface area (Å²) >= 11 is 0. The summed E-state index contributed by atoms with van der Waals surface area (Å²) in [4.78, 5) is 21.9. The molecule has 1 unspecified atom stereocenters. The van der Waals surface area contributed by atoms with Crippen LogP contribution >= 0.6 is 0 Å². The van der Waals surface area contributed by atoms with Crippen LogP contribution in [0.1, 0.15) is 26.1 Å². The first-order valence-electron chi connectivity index (χ1n) is 6.51. The number of nitrogens with one attached hydrogen (secondary N) is 2. The van der Waals surface area contributed by atoms with E-state index >= 15 is 0 Å². The average Bonchev–Trinajstić information content (AvgIpc) is 2.34. The average molecular weight is 265 g/mol. The number of carbonyl (C=O) groups excluding carboxylic acids is 1. The highest BCUT2D eigenvalue weighted by molar-refractivity contribution is 5.83. The van der Waals surface area contributed by atoms with E-state index in [0.717, 1.165) is 18.8 Å². The number of aryl methyl sites for hydroxylation is 1. The van der Waals surface area contributed by atoms with Crippen molar-refractivity contribution < 1.29 is 4.79 Å². The van der Waals surface area contributed by atoms with E-state index in [1.807, 2.05) is 19.9 Å². The lowest BCUT2D eigenvalue weighted by Crippen LogP contribution is -2.36. The maximum absolute atomic E-state index is 11.8. The molecule has 0 spiro atoms. The molecule has 0 radical (unpaired) electrons. The predicted octanol–water partition coefficient (Wildman–Crippen LogP) is 1.50. The van der Waals surface area contributed by atoms with Gasteiger partial charge in [0.2, 0.25) is 5.91 Å². The lowest BCUT2D eigenvalue weighted by atomic mass is 10.3. The highest BCUT2D eigenvalue weighted by Crippen LogP contribution is 2.12. The Morgan fingerprint density at radius 2 is 2.00 bits per heavy atom. The Bertz CT molecular complexity index is 433. The van der Waals surface area contributed by atoms with Crippen LogP contribution in [0.2, 0.25) is 0 Å². The second-order valence-electron chi connectivity index (χ2n) is 4.71. The van der Waals surface area contributed by atoms with Crippen LogP contribution in [0.4, 0.5) is 11.6 Å². The molecule has 1 amide bonds. The van der Waals surface area contributed by atoms with Gasteiger partial charge in [-0.1, -0.05) is 6.92 Å². The van der Waals surface area contributed by atoms with Crippen molar-refractivity contribution in [3.63, 3.8) is 0 Å². The summed E-state index contributed by atoms with van der Waals surface area (Å²) < 4.78 is 0. The first-order chi connectivity index (χ1) is 8.93. The molecule has 6 nitrogen and oxygen atoms in total. The minimum atomic E-state index is -0.316. The van der Waals surface area contributed by atoms with Gasteiger partial charge in [-0.05, 0) is 20.3 Å². The van der Waals surface area contributed by atoms with Gasteiger partial charge in [0.25, 0.3) is 0 Å². The molecular weight excluding hydrogens is 242 g/mol. The largest absolute Gasteiger partial charge is 0.370 e. The maximum Gasteiger partial charge on any atom is 0.244 e. The fourth-order valence-corrected chi connectivity index (χ4v) is 1.66. The normalized spacial score (nSPS) is 11.8. The molecule has 0 aliphatic rings. The summed E-state index contributed by atoms with van der Waals surface area (Å²) in [6.45, 7) is 6.61. The van der Waals surface area contributed by atoms with Crippen LogP contribution in [0.15, 0.2) is 6.07 Å². The van der Waals surface area contributed by atoms with E-state index in [0.29, 0.717) is 11.6 Å². The third-order valence-corrected chi connectivity index (χ3v) is 2.57. The summed E-state index contributed by atoms with van der Waals surface area (Å²) in [7, 11) is 3.47. The molecule has 6 heteroatoms. The lowest BCUT2D eigenvalue weighted by Gasteiger charge is -2.19. The first-order valence-corrected chi connectivity index (χ1v) is 6.51. The van der Waals surface area contributed by atoms with E-state index in [2.05, 4.69) is 27.5 Å². The van der Waals surface area contributed by atoms with Gasteiger partial charge in [0, 0.05) is 26.7 Å². The Kier molecular flexibility index (Phi) is 5.54. The summed E-state index contributed by atoms with van der Waals surface area (Å²) in [5, 5.41) is 6.31. The van der Waals surface area contributed by atoms with Gasteiger partial charge in [-0.25, -0.2) is 9.97 Å². The first kappa shape index (κ1) is 15.2. The van der Waals surface area contributed by atoms with Gasteiger partial charge in [-0.2, -0.15) is 0 Å². The molecule has 0 bridgehead atoms. The Morgan fingerprint density at radius 3 is 2.58 bits per heavy atom. The second kappa shape index (κ2) is 6.92. The van der Waals surface area contributed by atoms with E-state index < -0.39 is 0 Å². The molecule has 19 heavy (non-hydrogen) atoms. The molecule has 0 aliphatic heterocycles. The van der Waals surface area contributed by atoms with Crippen LogP contribution in [0.3, 0.4) is 0 Å². The molecular formula is C13H23N5O. The Balaban J connectivity index is 2.77. The van der Waals surface area contributed by atoms with Crippen molar-refractivity contribution in [2.45, 2.75) is 33.2 Å². The van der Waals surface area contributed by atoms with Gasteiger partial charge < -0.3 is 15.5 Å². The molecule has 1 atom stereocenters. The second-order valence-corrected chi connectivity index (χ2v) is 4.71. The minimum absolute atomic E-state index is 0.0133. The van der Waals surface area contributed by atoms with Crippen LogP contribution in [0, 0.1) is 6.92 Å². The van der Waals surface area contributed by atoms with Crippen LogP contribution < -0.4 is 10.6 Å². The molecule has 2 N–H and O–H groups in total. The SMILES string of the molecule is CCCNc1cc(NC(C)C(=O)N(C)C)nc(C)n1. The zero-order valence-corrected chi connectivity index (χ0v) is 12.3. The van der Waals surface area contributed by atoms with Crippen molar-refractivity contribution in [3.05, 3.63) is 11.9 Å². The van der Waals surface area contributed by atoms with E-state index in [1.165, 1.54) is 0 Å². The molecule has 0 aromatic carbocycles. The highest BCUT2D eigenvalue weighted by Gasteiger charge is 2.15. The molecule has 1 heterocycles. The summed E-state index contributed by atoms with van der Waals surface area (Å²) in [6, 6.07) is 1.51. The standard InChI is InChI=1S/C13H23N5O/c1-6-7-14-11-8-12(17-10(3)16-11)15-9(2)13(19)18(4)5/h8-9H,6-7H2,1-5H3,(H2,14,15,16,17). The highest BCUT2D eigenvalue weighted by atomic mass is 16.2. The van der Waals surface area contributed by atoms with E-state index in [4.69, 9.17) is 0 Å². The number of aromatic nitrogens is 2. The zero-order chi connectivity index (χ0) is 14.4. The molecule has 1 aromatic heterocycles. The van der Waals surface area contributed by atoms with Gasteiger partial charge in [0.15, 0.2) is 0 Å². The number of nitrogens with zero attached hydrogens (tertiary/aromatic N) is 3. The van der Waals surface area contributed by atoms with Crippen molar-refractivity contribution in [1.29, 1.82) is 0 Å². The van der Waals surface area contributed by atoms with E-state index in [9.17, 15) is 4.79 Å². The van der Waals surface area contributed by atoms with Crippen LogP contribution in [0.25, 0.3) is 0 Å². The Hall–Kier alpha value is -1.85. The van der Waals surface area contributed by atoms with Gasteiger partial charge in [-0.15, -0.1) is 0 Å². The number of carbonyl (C=O) groups is 1. The van der Waals surface area contributed by atoms with Crippen molar-refractivity contribution in [2.24, 2.45) is 0 Å². The fourth-order valence-electron chi connectivity index (χ4n) is 1.66. The Morgan fingerprint density at radius 1 is 1.37 bits per heavy atom. The number of rotatable bonds is 6. The minimum Gasteiger partial charge on any atom is -0.370 e. The summed E-state index contributed by atoms with van der Waals surface area (Å²) in [6.07, 6.45) is 1.03. The van der Waals surface area contributed by atoms with E-state index in [-0.39, 0.29) is 11.9 Å². The fraction of sp³-hybridized carbons (Fsp3) is 0.615. The van der Waals surface area contributed by atoms with Crippen LogP contribution in [-0.2, 0) is 4.79 Å². The quantitative estimate of drug-likeness (QED) is 0.815. The maximum atomic E-state index is 11.8. The molecule has 0 saturated carbocycles. The lowest BCUT2D eigenvalue weighted by molar-refractivity contribution is -0.129. The number of amides is 1. The molecule has 1 aromatic rings. The smallest absolute Gasteiger partial charge is 0.244 e. The van der Waals surface area contributed by atoms with Crippen molar-refractivity contribution >= 4 is 17.5 Å². The monoisotopic (exact) mass is 265 g/mol.